The van der Waals surface area contributed by atoms with Gasteiger partial charge in [0.05, 0.1) is 0 Å². The Morgan fingerprint density at radius 2 is 1.84 bits per heavy atom. The molecular weight excluding hydrogens is 442 g/mol. The number of nitrogens with zero attached hydrogens (tertiary/aromatic N) is 1. The SMILES string of the molecule is O=C1CCC(N2Cc3cc(CCC(=O)C(F)(F)c4ccc(Cl)cc4)ccc3C2=O)C(=O)N1. The third kappa shape index (κ3) is 4.14. The van der Waals surface area contributed by atoms with Gasteiger partial charge in [-0.15, -0.1) is 0 Å². The molecule has 4 rings (SSSR count). The predicted octanol–water partition coefficient (Wildman–Crippen LogP) is 3.39. The number of piperidine rings is 1. The van der Waals surface area contributed by atoms with E-state index < -0.39 is 29.2 Å². The highest BCUT2D eigenvalue weighted by molar-refractivity contribution is 6.30. The van der Waals surface area contributed by atoms with Gasteiger partial charge in [0.25, 0.3) is 5.91 Å². The van der Waals surface area contributed by atoms with Crippen LogP contribution in [0.5, 0.6) is 0 Å². The van der Waals surface area contributed by atoms with Crippen LogP contribution in [0.25, 0.3) is 0 Å². The van der Waals surface area contributed by atoms with Crippen molar-refractivity contribution in [3.63, 3.8) is 0 Å². The summed E-state index contributed by atoms with van der Waals surface area (Å²) in [7, 11) is 0. The molecule has 0 bridgehead atoms. The zero-order valence-corrected chi connectivity index (χ0v) is 17.6. The maximum atomic E-state index is 14.5. The lowest BCUT2D eigenvalue weighted by Crippen LogP contribution is -2.52. The lowest BCUT2D eigenvalue weighted by molar-refractivity contribution is -0.144. The number of carbonyl (C=O) groups is 4. The maximum Gasteiger partial charge on any atom is 0.330 e. The number of ketones is 1. The van der Waals surface area contributed by atoms with Crippen molar-refractivity contribution in [3.8, 4) is 0 Å². The largest absolute Gasteiger partial charge is 0.330 e. The van der Waals surface area contributed by atoms with Crippen molar-refractivity contribution in [2.45, 2.75) is 44.2 Å². The third-order valence-electron chi connectivity index (χ3n) is 5.79. The highest BCUT2D eigenvalue weighted by Crippen LogP contribution is 2.32. The summed E-state index contributed by atoms with van der Waals surface area (Å²) in [4.78, 5) is 49.8. The summed E-state index contributed by atoms with van der Waals surface area (Å²) in [5, 5.41) is 2.54. The minimum Gasteiger partial charge on any atom is -0.322 e. The Bertz CT molecular complexity index is 1120. The average molecular weight is 461 g/mol. The number of hydrogen-bond acceptors (Lipinski definition) is 4. The number of nitrogens with one attached hydrogen (secondary N) is 1. The minimum atomic E-state index is -3.63. The smallest absolute Gasteiger partial charge is 0.322 e. The van der Waals surface area contributed by atoms with E-state index in [2.05, 4.69) is 5.32 Å². The monoisotopic (exact) mass is 460 g/mol. The predicted molar refractivity (Wildman–Crippen MR) is 111 cm³/mol. The Hall–Kier alpha value is -3.13. The first kappa shape index (κ1) is 22.1. The van der Waals surface area contributed by atoms with Gasteiger partial charge in [-0.25, -0.2) is 0 Å². The van der Waals surface area contributed by atoms with Gasteiger partial charge in [0.15, 0.2) is 0 Å². The molecule has 9 heteroatoms. The molecule has 166 valence electrons. The molecule has 2 aliphatic heterocycles. The topological polar surface area (TPSA) is 83.6 Å². The van der Waals surface area contributed by atoms with Crippen molar-refractivity contribution in [2.24, 2.45) is 0 Å². The molecule has 1 saturated heterocycles. The second-order valence-corrected chi connectivity index (χ2v) is 8.33. The highest BCUT2D eigenvalue weighted by Gasteiger charge is 2.41. The molecule has 1 fully saturated rings. The summed E-state index contributed by atoms with van der Waals surface area (Å²) in [6.07, 6.45) is 0.123. The van der Waals surface area contributed by atoms with Crippen LogP contribution in [0.4, 0.5) is 8.78 Å². The Morgan fingerprint density at radius 1 is 1.12 bits per heavy atom. The fourth-order valence-electron chi connectivity index (χ4n) is 4.02. The van der Waals surface area contributed by atoms with Crippen LogP contribution in [0, 0.1) is 0 Å². The molecule has 3 amide bonds. The quantitative estimate of drug-likeness (QED) is 0.670. The van der Waals surface area contributed by atoms with E-state index in [4.69, 9.17) is 11.6 Å². The van der Waals surface area contributed by atoms with Crippen molar-refractivity contribution >= 4 is 35.1 Å². The molecule has 2 aromatic carbocycles. The van der Waals surface area contributed by atoms with Gasteiger partial charge in [-0.2, -0.15) is 8.78 Å². The van der Waals surface area contributed by atoms with Crippen LogP contribution in [-0.4, -0.2) is 34.4 Å². The molecule has 0 saturated carbocycles. The van der Waals surface area contributed by atoms with Crippen LogP contribution in [0.1, 0.15) is 46.3 Å². The summed E-state index contributed by atoms with van der Waals surface area (Å²) in [5.41, 5.74) is 1.32. The van der Waals surface area contributed by atoms with Gasteiger partial charge in [0.2, 0.25) is 17.6 Å². The Balaban J connectivity index is 1.43. The molecule has 32 heavy (non-hydrogen) atoms. The molecular formula is C23H19ClF2N2O4. The van der Waals surface area contributed by atoms with Gasteiger partial charge in [0, 0.05) is 35.5 Å². The van der Waals surface area contributed by atoms with Gasteiger partial charge in [-0.1, -0.05) is 35.9 Å². The van der Waals surface area contributed by atoms with E-state index in [1.807, 2.05) is 0 Å². The second-order valence-electron chi connectivity index (χ2n) is 7.90. The number of carbonyl (C=O) groups excluding carboxylic acids is 4. The van der Waals surface area contributed by atoms with Gasteiger partial charge < -0.3 is 4.90 Å². The first-order chi connectivity index (χ1) is 15.2. The summed E-state index contributed by atoms with van der Waals surface area (Å²) in [5.74, 6) is -6.01. The summed E-state index contributed by atoms with van der Waals surface area (Å²) < 4.78 is 28.9. The number of alkyl halides is 2. The number of hydrogen-bond donors (Lipinski definition) is 1. The molecule has 0 aromatic heterocycles. The first-order valence-electron chi connectivity index (χ1n) is 10.1. The van der Waals surface area contributed by atoms with Crippen LogP contribution in [0.15, 0.2) is 42.5 Å². The van der Waals surface area contributed by atoms with Gasteiger partial charge >= 0.3 is 5.92 Å². The van der Waals surface area contributed by atoms with Gasteiger partial charge in [-0.05, 0) is 42.2 Å². The number of amides is 3. The zero-order valence-electron chi connectivity index (χ0n) is 16.9. The van der Waals surface area contributed by atoms with Crippen LogP contribution in [-0.2, 0) is 33.3 Å². The van der Waals surface area contributed by atoms with E-state index >= 15 is 0 Å². The molecule has 2 heterocycles. The van der Waals surface area contributed by atoms with Crippen molar-refractivity contribution in [2.75, 3.05) is 0 Å². The van der Waals surface area contributed by atoms with Crippen molar-refractivity contribution < 1.29 is 28.0 Å². The zero-order chi connectivity index (χ0) is 23.0. The van der Waals surface area contributed by atoms with E-state index in [-0.39, 0.29) is 44.0 Å². The van der Waals surface area contributed by atoms with Crippen molar-refractivity contribution in [3.05, 3.63) is 69.7 Å². The van der Waals surface area contributed by atoms with E-state index in [1.165, 1.54) is 17.0 Å². The molecule has 0 aliphatic carbocycles. The molecule has 1 N–H and O–H groups in total. The van der Waals surface area contributed by atoms with Crippen LogP contribution >= 0.6 is 11.6 Å². The first-order valence-corrected chi connectivity index (χ1v) is 10.5. The molecule has 0 radical (unpaired) electrons. The molecule has 0 spiro atoms. The molecule has 2 aliphatic rings. The number of aryl methyl sites for hydroxylation is 1. The van der Waals surface area contributed by atoms with E-state index in [0.29, 0.717) is 21.7 Å². The Morgan fingerprint density at radius 3 is 2.53 bits per heavy atom. The van der Waals surface area contributed by atoms with Crippen LogP contribution in [0.2, 0.25) is 5.02 Å². The summed E-state index contributed by atoms with van der Waals surface area (Å²) in [6.45, 7) is 0.184. The highest BCUT2D eigenvalue weighted by atomic mass is 35.5. The van der Waals surface area contributed by atoms with Crippen molar-refractivity contribution in [1.29, 1.82) is 0 Å². The normalized spacial score (nSPS) is 18.5. The molecule has 1 unspecified atom stereocenters. The van der Waals surface area contributed by atoms with E-state index in [9.17, 15) is 28.0 Å². The minimum absolute atomic E-state index is 0.0852. The lowest BCUT2D eigenvalue weighted by Gasteiger charge is -2.29. The Labute approximate surface area is 187 Å². The fraction of sp³-hybridized carbons (Fsp3) is 0.304. The molecule has 6 nitrogen and oxygen atoms in total. The molecule has 1 atom stereocenters. The number of Topliss-reactive ketones (excluding diaryl/α,β-unsaturated/α-hetero) is 1. The number of rotatable bonds is 6. The lowest BCUT2D eigenvalue weighted by atomic mass is 9.97. The number of imide groups is 1. The Kier molecular flexibility index (Phi) is 5.81. The summed E-state index contributed by atoms with van der Waals surface area (Å²) in [6, 6.07) is 9.06. The average Bonchev–Trinajstić information content (AvgIpc) is 3.08. The van der Waals surface area contributed by atoms with Crippen LogP contribution in [0.3, 0.4) is 0 Å². The standard InChI is InChI=1S/C23H19ClF2N2O4/c24-16-5-3-15(4-6-16)23(25,26)19(29)9-2-13-1-7-17-14(11-13)12-28(22(17)32)18-8-10-20(30)27-21(18)31/h1,3-7,11,18H,2,8-10,12H2,(H,27,30,31). The number of benzene rings is 2. The van der Waals surface area contributed by atoms with Crippen molar-refractivity contribution in [1.82, 2.24) is 10.2 Å². The maximum absolute atomic E-state index is 14.5. The van der Waals surface area contributed by atoms with Crippen LogP contribution < -0.4 is 5.32 Å². The van der Waals surface area contributed by atoms with Gasteiger partial charge in [-0.3, -0.25) is 24.5 Å². The third-order valence-corrected chi connectivity index (χ3v) is 6.04. The van der Waals surface area contributed by atoms with E-state index in [0.717, 1.165) is 12.1 Å². The number of halogens is 3. The summed E-state index contributed by atoms with van der Waals surface area (Å²) >= 11 is 5.72. The number of fused-ring (bicyclic) bond motifs is 1. The molecule has 2 aromatic rings. The fourth-order valence-corrected chi connectivity index (χ4v) is 4.14. The second kappa shape index (κ2) is 8.43. The van der Waals surface area contributed by atoms with E-state index in [1.54, 1.807) is 18.2 Å². The van der Waals surface area contributed by atoms with Gasteiger partial charge in [0.1, 0.15) is 6.04 Å².